The Morgan fingerprint density at radius 3 is 1.96 bits per heavy atom. The fourth-order valence-electron chi connectivity index (χ4n) is 6.65. The molecule has 0 nitrogen and oxygen atoms in total. The third-order valence-corrected chi connectivity index (χ3v) is 8.22. The Labute approximate surface area is 152 Å². The summed E-state index contributed by atoms with van der Waals surface area (Å²) in [5.41, 5.74) is 0. The number of hydrogen-bond acceptors (Lipinski definition) is 0. The van der Waals surface area contributed by atoms with Gasteiger partial charge in [-0.25, -0.2) is 0 Å². The van der Waals surface area contributed by atoms with Gasteiger partial charge in [0.25, 0.3) is 0 Å². The molecule has 0 aromatic rings. The Morgan fingerprint density at radius 1 is 0.542 bits per heavy atom. The van der Waals surface area contributed by atoms with Gasteiger partial charge in [-0.3, -0.25) is 0 Å². The van der Waals surface area contributed by atoms with Crippen molar-refractivity contribution in [2.24, 2.45) is 35.5 Å². The van der Waals surface area contributed by atoms with Crippen molar-refractivity contribution < 1.29 is 0 Å². The molecular formula is C24H44. The van der Waals surface area contributed by atoms with E-state index in [4.69, 9.17) is 0 Å². The highest BCUT2D eigenvalue weighted by Gasteiger charge is 2.34. The average Bonchev–Trinajstić information content (AvgIpc) is 2.64. The molecule has 0 radical (unpaired) electrons. The van der Waals surface area contributed by atoms with Gasteiger partial charge in [0.2, 0.25) is 0 Å². The van der Waals surface area contributed by atoms with Crippen LogP contribution in [0.5, 0.6) is 0 Å². The van der Waals surface area contributed by atoms with Gasteiger partial charge >= 0.3 is 0 Å². The minimum Gasteiger partial charge on any atom is -0.0651 e. The molecule has 140 valence electrons. The van der Waals surface area contributed by atoms with Crippen molar-refractivity contribution in [2.45, 2.75) is 117 Å². The van der Waals surface area contributed by atoms with Gasteiger partial charge < -0.3 is 0 Å². The molecule has 0 aromatic heterocycles. The van der Waals surface area contributed by atoms with E-state index in [1.54, 1.807) is 51.4 Å². The van der Waals surface area contributed by atoms with E-state index in [0.717, 1.165) is 35.5 Å². The van der Waals surface area contributed by atoms with Crippen LogP contribution in [-0.4, -0.2) is 0 Å². The van der Waals surface area contributed by atoms with E-state index in [1.807, 2.05) is 0 Å². The zero-order valence-electron chi connectivity index (χ0n) is 16.8. The van der Waals surface area contributed by atoms with E-state index in [0.29, 0.717) is 0 Å². The third kappa shape index (κ3) is 5.25. The summed E-state index contributed by atoms with van der Waals surface area (Å²) >= 11 is 0. The van der Waals surface area contributed by atoms with E-state index in [-0.39, 0.29) is 0 Å². The van der Waals surface area contributed by atoms with Crippen LogP contribution in [0.3, 0.4) is 0 Å². The molecule has 0 aliphatic heterocycles. The zero-order valence-corrected chi connectivity index (χ0v) is 16.8. The maximum atomic E-state index is 2.52. The van der Waals surface area contributed by atoms with Crippen molar-refractivity contribution in [2.75, 3.05) is 0 Å². The van der Waals surface area contributed by atoms with Crippen LogP contribution in [0.2, 0.25) is 0 Å². The average molecular weight is 333 g/mol. The molecule has 0 heterocycles. The first-order valence-electron chi connectivity index (χ1n) is 11.8. The number of hydrogen-bond donors (Lipinski definition) is 0. The van der Waals surface area contributed by atoms with Gasteiger partial charge in [0.1, 0.15) is 0 Å². The van der Waals surface area contributed by atoms with Gasteiger partial charge in [-0.2, -0.15) is 0 Å². The second-order valence-electron chi connectivity index (χ2n) is 9.98. The lowest BCUT2D eigenvalue weighted by atomic mass is 9.65. The number of fused-ring (bicyclic) bond motifs is 1. The summed E-state index contributed by atoms with van der Waals surface area (Å²) in [6.45, 7) is 4.96. The largest absolute Gasteiger partial charge is 0.0651 e. The van der Waals surface area contributed by atoms with Crippen LogP contribution < -0.4 is 0 Å². The molecule has 0 N–H and O–H groups in total. The first kappa shape index (κ1) is 18.8. The van der Waals surface area contributed by atoms with Crippen LogP contribution >= 0.6 is 0 Å². The SMILES string of the molecule is CCC1CCC2CCCCCCCC(C3CCCC(C)C3)CC2C1. The molecule has 0 heteroatoms. The van der Waals surface area contributed by atoms with Gasteiger partial charge in [0.05, 0.1) is 0 Å². The molecule has 0 bridgehead atoms. The lowest BCUT2D eigenvalue weighted by Crippen LogP contribution is -2.30. The predicted molar refractivity (Wildman–Crippen MR) is 106 cm³/mol. The number of rotatable bonds is 2. The summed E-state index contributed by atoms with van der Waals surface area (Å²) in [6, 6.07) is 0. The van der Waals surface area contributed by atoms with Crippen molar-refractivity contribution in [3.8, 4) is 0 Å². The monoisotopic (exact) mass is 332 g/mol. The standard InChI is InChI=1S/C24H44/c1-3-20-14-15-21-11-7-5-4-6-8-12-23(18-24(21)17-20)22-13-9-10-19(2)16-22/h19-24H,3-18H2,1-2H3. The van der Waals surface area contributed by atoms with Crippen molar-refractivity contribution >= 4 is 0 Å². The smallest absolute Gasteiger partial charge is 0.0380 e. The molecule has 3 saturated carbocycles. The van der Waals surface area contributed by atoms with Crippen LogP contribution in [0, 0.1) is 35.5 Å². The first-order chi connectivity index (χ1) is 11.8. The Morgan fingerprint density at radius 2 is 1.21 bits per heavy atom. The minimum atomic E-state index is 1.01. The molecule has 0 saturated heterocycles. The fourth-order valence-corrected chi connectivity index (χ4v) is 6.65. The van der Waals surface area contributed by atoms with E-state index in [2.05, 4.69) is 13.8 Å². The van der Waals surface area contributed by atoms with E-state index >= 15 is 0 Å². The predicted octanol–water partition coefficient (Wildman–Crippen LogP) is 8.01. The maximum Gasteiger partial charge on any atom is -0.0380 e. The lowest BCUT2D eigenvalue weighted by molar-refractivity contribution is 0.101. The summed E-state index contributed by atoms with van der Waals surface area (Å²) in [5.74, 6) is 6.40. The summed E-state index contributed by atoms with van der Waals surface area (Å²) in [5, 5.41) is 0. The maximum absolute atomic E-state index is 2.52. The minimum absolute atomic E-state index is 1.01. The molecule has 6 atom stereocenters. The Bertz CT molecular complexity index is 346. The second kappa shape index (κ2) is 9.63. The first-order valence-corrected chi connectivity index (χ1v) is 11.8. The van der Waals surface area contributed by atoms with Gasteiger partial charge in [-0.05, 0) is 61.2 Å². The molecule has 3 aliphatic rings. The van der Waals surface area contributed by atoms with Crippen molar-refractivity contribution in [1.82, 2.24) is 0 Å². The van der Waals surface area contributed by atoms with Gasteiger partial charge in [0, 0.05) is 0 Å². The highest BCUT2D eigenvalue weighted by molar-refractivity contribution is 4.85. The van der Waals surface area contributed by atoms with Crippen LogP contribution in [-0.2, 0) is 0 Å². The molecule has 3 aliphatic carbocycles. The highest BCUT2D eigenvalue weighted by Crippen LogP contribution is 2.46. The molecule has 0 aromatic carbocycles. The van der Waals surface area contributed by atoms with Crippen LogP contribution in [0.25, 0.3) is 0 Å². The topological polar surface area (TPSA) is 0 Å². The van der Waals surface area contributed by atoms with Crippen molar-refractivity contribution in [3.05, 3.63) is 0 Å². The van der Waals surface area contributed by atoms with Gasteiger partial charge in [-0.1, -0.05) is 90.9 Å². The third-order valence-electron chi connectivity index (χ3n) is 8.22. The fraction of sp³-hybridized carbons (Fsp3) is 1.00. The Balaban J connectivity index is 1.68. The highest BCUT2D eigenvalue weighted by atomic mass is 14.4. The molecule has 0 spiro atoms. The van der Waals surface area contributed by atoms with E-state index in [9.17, 15) is 0 Å². The summed E-state index contributed by atoms with van der Waals surface area (Å²) in [4.78, 5) is 0. The normalized spacial score (nSPS) is 42.8. The van der Waals surface area contributed by atoms with Crippen LogP contribution in [0.15, 0.2) is 0 Å². The molecule has 6 unspecified atom stereocenters. The second-order valence-corrected chi connectivity index (χ2v) is 9.98. The summed E-state index contributed by atoms with van der Waals surface area (Å²) in [7, 11) is 0. The van der Waals surface area contributed by atoms with Crippen LogP contribution in [0.1, 0.15) is 117 Å². The van der Waals surface area contributed by atoms with Crippen molar-refractivity contribution in [3.63, 3.8) is 0 Å². The molecule has 3 rings (SSSR count). The Kier molecular flexibility index (Phi) is 7.54. The quantitative estimate of drug-likeness (QED) is 0.480. The van der Waals surface area contributed by atoms with E-state index < -0.39 is 0 Å². The molecule has 3 fully saturated rings. The lowest BCUT2D eigenvalue weighted by Gasteiger charge is -2.41. The van der Waals surface area contributed by atoms with E-state index in [1.165, 1.54) is 51.4 Å². The molecular weight excluding hydrogens is 288 g/mol. The zero-order chi connectivity index (χ0) is 16.8. The molecule has 24 heavy (non-hydrogen) atoms. The Hall–Kier alpha value is 0. The van der Waals surface area contributed by atoms with Crippen LogP contribution in [0.4, 0.5) is 0 Å². The summed E-state index contributed by atoms with van der Waals surface area (Å²) in [6.07, 6.45) is 24.6. The van der Waals surface area contributed by atoms with Gasteiger partial charge in [-0.15, -0.1) is 0 Å². The van der Waals surface area contributed by atoms with Gasteiger partial charge in [0.15, 0.2) is 0 Å². The van der Waals surface area contributed by atoms with Crippen molar-refractivity contribution in [1.29, 1.82) is 0 Å². The molecule has 0 amide bonds. The summed E-state index contributed by atoms with van der Waals surface area (Å²) < 4.78 is 0.